The normalized spacial score (nSPS) is 27.0. The van der Waals surface area contributed by atoms with Gasteiger partial charge in [0.1, 0.15) is 6.10 Å². The Kier molecular flexibility index (Phi) is 4.56. The summed E-state index contributed by atoms with van der Waals surface area (Å²) in [6, 6.07) is 10.9. The second-order valence-corrected chi connectivity index (χ2v) is 6.09. The van der Waals surface area contributed by atoms with Crippen LogP contribution in [0.2, 0.25) is 0 Å². The Morgan fingerprint density at radius 2 is 2.10 bits per heavy atom. The van der Waals surface area contributed by atoms with Gasteiger partial charge in [-0.3, -0.25) is 9.69 Å². The van der Waals surface area contributed by atoms with Gasteiger partial charge in [-0.2, -0.15) is 0 Å². The molecule has 114 valence electrons. The van der Waals surface area contributed by atoms with Crippen molar-refractivity contribution >= 4 is 5.91 Å². The van der Waals surface area contributed by atoms with Crippen molar-refractivity contribution < 1.29 is 9.53 Å². The molecular formula is C17H24N2O2. The van der Waals surface area contributed by atoms with Crippen LogP contribution in [0.1, 0.15) is 25.3 Å². The summed E-state index contributed by atoms with van der Waals surface area (Å²) in [5, 5.41) is 0. The van der Waals surface area contributed by atoms with Crippen molar-refractivity contribution in [1.29, 1.82) is 0 Å². The summed E-state index contributed by atoms with van der Waals surface area (Å²) in [6.07, 6.45) is 1.72. The second kappa shape index (κ2) is 6.58. The predicted octanol–water partition coefficient (Wildman–Crippen LogP) is 1.90. The van der Waals surface area contributed by atoms with E-state index in [9.17, 15) is 4.79 Å². The first-order chi connectivity index (χ1) is 10.2. The summed E-state index contributed by atoms with van der Waals surface area (Å²) < 4.78 is 5.52. The van der Waals surface area contributed by atoms with Crippen LogP contribution in [0, 0.1) is 0 Å². The average molecular weight is 288 g/mol. The quantitative estimate of drug-likeness (QED) is 0.851. The zero-order valence-corrected chi connectivity index (χ0v) is 12.7. The molecule has 2 aliphatic rings. The van der Waals surface area contributed by atoms with E-state index in [0.29, 0.717) is 6.04 Å². The van der Waals surface area contributed by atoms with E-state index >= 15 is 0 Å². The van der Waals surface area contributed by atoms with Gasteiger partial charge in [0.15, 0.2) is 0 Å². The van der Waals surface area contributed by atoms with Gasteiger partial charge in [0.05, 0.1) is 0 Å². The van der Waals surface area contributed by atoms with Crippen molar-refractivity contribution in [3.8, 4) is 0 Å². The fourth-order valence-corrected chi connectivity index (χ4v) is 3.22. The minimum absolute atomic E-state index is 0.183. The number of ether oxygens (including phenoxy) is 1. The molecule has 2 unspecified atom stereocenters. The van der Waals surface area contributed by atoms with Gasteiger partial charge in [-0.05, 0) is 25.3 Å². The Hall–Kier alpha value is -1.39. The maximum Gasteiger partial charge on any atom is 0.251 e. The van der Waals surface area contributed by atoms with Crippen molar-refractivity contribution in [3.63, 3.8) is 0 Å². The number of rotatable bonds is 3. The van der Waals surface area contributed by atoms with Gasteiger partial charge in [0.25, 0.3) is 5.91 Å². The number of piperazine rings is 1. The van der Waals surface area contributed by atoms with Crippen LogP contribution in [-0.4, -0.2) is 54.1 Å². The summed E-state index contributed by atoms with van der Waals surface area (Å²) in [7, 11) is 0. The molecule has 1 amide bonds. The zero-order valence-electron chi connectivity index (χ0n) is 12.7. The molecule has 3 rings (SSSR count). The lowest BCUT2D eigenvalue weighted by atomic mass is 10.1. The first-order valence-corrected chi connectivity index (χ1v) is 7.92. The van der Waals surface area contributed by atoms with Crippen molar-refractivity contribution in [2.24, 2.45) is 0 Å². The molecule has 0 bridgehead atoms. The molecule has 1 aromatic rings. The molecular weight excluding hydrogens is 264 g/mol. The molecule has 0 N–H and O–H groups in total. The minimum atomic E-state index is -0.183. The third-order valence-corrected chi connectivity index (χ3v) is 4.51. The molecule has 0 aromatic heterocycles. The van der Waals surface area contributed by atoms with E-state index < -0.39 is 0 Å². The summed E-state index contributed by atoms with van der Waals surface area (Å²) in [5.41, 5.74) is 1.34. The summed E-state index contributed by atoms with van der Waals surface area (Å²) in [5.74, 6) is 0.193. The molecule has 2 heterocycles. The molecule has 0 saturated carbocycles. The first-order valence-electron chi connectivity index (χ1n) is 7.92. The largest absolute Gasteiger partial charge is 0.368 e. The van der Waals surface area contributed by atoms with E-state index in [1.54, 1.807) is 0 Å². The Balaban J connectivity index is 1.55. The van der Waals surface area contributed by atoms with Crippen molar-refractivity contribution in [2.75, 3.05) is 26.2 Å². The van der Waals surface area contributed by atoms with Gasteiger partial charge < -0.3 is 9.64 Å². The van der Waals surface area contributed by atoms with Gasteiger partial charge in [-0.1, -0.05) is 30.3 Å². The molecule has 4 heteroatoms. The molecule has 0 radical (unpaired) electrons. The summed E-state index contributed by atoms with van der Waals surface area (Å²) in [6.45, 7) is 6.47. The topological polar surface area (TPSA) is 32.8 Å². The molecule has 0 aliphatic carbocycles. The van der Waals surface area contributed by atoms with Gasteiger partial charge in [-0.25, -0.2) is 0 Å². The number of hydrogen-bond donors (Lipinski definition) is 0. The Morgan fingerprint density at radius 1 is 1.29 bits per heavy atom. The maximum atomic E-state index is 12.4. The highest BCUT2D eigenvalue weighted by Crippen LogP contribution is 2.19. The second-order valence-electron chi connectivity index (χ2n) is 6.09. The maximum absolute atomic E-state index is 12.4. The standard InChI is InChI=1S/C17H24N2O2/c1-14-12-19(17(20)16-8-5-11-21-16)10-9-18(14)13-15-6-3-2-4-7-15/h2-4,6-7,14,16H,5,8-13H2,1H3. The van der Waals surface area contributed by atoms with Crippen molar-refractivity contribution in [3.05, 3.63) is 35.9 Å². The zero-order chi connectivity index (χ0) is 14.7. The summed E-state index contributed by atoms with van der Waals surface area (Å²) >= 11 is 0. The SMILES string of the molecule is CC1CN(C(=O)C2CCCO2)CCN1Cc1ccccc1. The Morgan fingerprint density at radius 3 is 2.76 bits per heavy atom. The molecule has 21 heavy (non-hydrogen) atoms. The number of nitrogens with zero attached hydrogens (tertiary/aromatic N) is 2. The highest BCUT2D eigenvalue weighted by molar-refractivity contribution is 5.81. The molecule has 2 atom stereocenters. The van der Waals surface area contributed by atoms with Gasteiger partial charge in [0, 0.05) is 38.8 Å². The number of amides is 1. The van der Waals surface area contributed by atoms with Crippen molar-refractivity contribution in [1.82, 2.24) is 9.80 Å². The number of hydrogen-bond acceptors (Lipinski definition) is 3. The molecule has 4 nitrogen and oxygen atoms in total. The van der Waals surface area contributed by atoms with Gasteiger partial charge >= 0.3 is 0 Å². The summed E-state index contributed by atoms with van der Waals surface area (Å²) in [4.78, 5) is 16.8. The number of carbonyl (C=O) groups is 1. The van der Waals surface area contributed by atoms with Crippen LogP contribution in [-0.2, 0) is 16.1 Å². The van der Waals surface area contributed by atoms with Crippen molar-refractivity contribution in [2.45, 2.75) is 38.5 Å². The lowest BCUT2D eigenvalue weighted by Gasteiger charge is -2.40. The van der Waals surface area contributed by atoms with Crippen LogP contribution in [0.5, 0.6) is 0 Å². The highest BCUT2D eigenvalue weighted by atomic mass is 16.5. The molecule has 2 aliphatic heterocycles. The highest BCUT2D eigenvalue weighted by Gasteiger charge is 2.32. The third kappa shape index (κ3) is 3.44. The smallest absolute Gasteiger partial charge is 0.251 e. The van der Waals surface area contributed by atoms with E-state index in [0.717, 1.165) is 45.6 Å². The molecule has 2 saturated heterocycles. The first kappa shape index (κ1) is 14.5. The predicted molar refractivity (Wildman–Crippen MR) is 81.9 cm³/mol. The minimum Gasteiger partial charge on any atom is -0.368 e. The van der Waals surface area contributed by atoms with E-state index in [1.165, 1.54) is 5.56 Å². The van der Waals surface area contributed by atoms with Gasteiger partial charge in [0.2, 0.25) is 0 Å². The average Bonchev–Trinajstić information content (AvgIpc) is 3.04. The Labute approximate surface area is 126 Å². The number of benzene rings is 1. The van der Waals surface area contributed by atoms with E-state index in [4.69, 9.17) is 4.74 Å². The van der Waals surface area contributed by atoms with E-state index in [1.807, 2.05) is 11.0 Å². The number of carbonyl (C=O) groups excluding carboxylic acids is 1. The van der Waals surface area contributed by atoms with Crippen LogP contribution in [0.4, 0.5) is 0 Å². The Bertz CT molecular complexity index is 471. The molecule has 2 fully saturated rings. The fourth-order valence-electron chi connectivity index (χ4n) is 3.22. The van der Waals surface area contributed by atoms with Crippen LogP contribution >= 0.6 is 0 Å². The molecule has 1 aromatic carbocycles. The van der Waals surface area contributed by atoms with Crippen LogP contribution in [0.3, 0.4) is 0 Å². The third-order valence-electron chi connectivity index (χ3n) is 4.51. The molecule has 0 spiro atoms. The van der Waals surface area contributed by atoms with Crippen LogP contribution < -0.4 is 0 Å². The fraction of sp³-hybridized carbons (Fsp3) is 0.588. The van der Waals surface area contributed by atoms with E-state index in [2.05, 4.69) is 36.1 Å². The monoisotopic (exact) mass is 288 g/mol. The van der Waals surface area contributed by atoms with E-state index in [-0.39, 0.29) is 12.0 Å². The van der Waals surface area contributed by atoms with Gasteiger partial charge in [-0.15, -0.1) is 0 Å². The lowest BCUT2D eigenvalue weighted by molar-refractivity contribution is -0.143. The lowest BCUT2D eigenvalue weighted by Crippen LogP contribution is -2.55. The van der Waals surface area contributed by atoms with Crippen LogP contribution in [0.25, 0.3) is 0 Å². The van der Waals surface area contributed by atoms with Crippen LogP contribution in [0.15, 0.2) is 30.3 Å².